The quantitative estimate of drug-likeness (QED) is 0.856. The van der Waals surface area contributed by atoms with Gasteiger partial charge in [0.1, 0.15) is 5.82 Å². The standard InChI is InChI=1S/C13H16FN3O3S/c1-9-12(14)5-10(8-18)6-13(9)21(19,20)16-7-11-3-4-15-17(11)2/h3-6,16,18H,7-8H2,1-2H3. The van der Waals surface area contributed by atoms with Crippen molar-refractivity contribution in [1.82, 2.24) is 14.5 Å². The zero-order valence-electron chi connectivity index (χ0n) is 11.7. The summed E-state index contributed by atoms with van der Waals surface area (Å²) in [5.74, 6) is -0.664. The van der Waals surface area contributed by atoms with Gasteiger partial charge in [-0.25, -0.2) is 17.5 Å². The van der Waals surface area contributed by atoms with Crippen LogP contribution in [0.15, 0.2) is 29.3 Å². The Kier molecular flexibility index (Phi) is 4.40. The fourth-order valence-corrected chi connectivity index (χ4v) is 3.20. The average Bonchev–Trinajstić information content (AvgIpc) is 2.84. The molecule has 0 aliphatic carbocycles. The molecule has 6 nitrogen and oxygen atoms in total. The molecule has 0 spiro atoms. The molecular weight excluding hydrogens is 297 g/mol. The van der Waals surface area contributed by atoms with Crippen LogP contribution in [-0.4, -0.2) is 23.3 Å². The lowest BCUT2D eigenvalue weighted by atomic mass is 10.1. The highest BCUT2D eigenvalue weighted by molar-refractivity contribution is 7.89. The van der Waals surface area contributed by atoms with E-state index in [0.29, 0.717) is 5.69 Å². The molecule has 0 atom stereocenters. The number of nitrogens with one attached hydrogen (secondary N) is 1. The van der Waals surface area contributed by atoms with E-state index < -0.39 is 22.4 Å². The zero-order valence-corrected chi connectivity index (χ0v) is 12.5. The van der Waals surface area contributed by atoms with Gasteiger partial charge in [0.2, 0.25) is 10.0 Å². The van der Waals surface area contributed by atoms with Crippen molar-refractivity contribution >= 4 is 10.0 Å². The van der Waals surface area contributed by atoms with E-state index in [4.69, 9.17) is 5.11 Å². The molecule has 2 N–H and O–H groups in total. The molecule has 8 heteroatoms. The van der Waals surface area contributed by atoms with E-state index in [1.165, 1.54) is 13.0 Å². The number of rotatable bonds is 5. The van der Waals surface area contributed by atoms with Gasteiger partial charge in [-0.15, -0.1) is 0 Å². The van der Waals surface area contributed by atoms with Crippen LogP contribution < -0.4 is 4.72 Å². The lowest BCUT2D eigenvalue weighted by Gasteiger charge is -2.11. The third-order valence-corrected chi connectivity index (χ3v) is 4.72. The van der Waals surface area contributed by atoms with E-state index >= 15 is 0 Å². The molecule has 2 rings (SSSR count). The maximum absolute atomic E-state index is 13.7. The van der Waals surface area contributed by atoms with Gasteiger partial charge in [0.05, 0.1) is 23.7 Å². The van der Waals surface area contributed by atoms with Gasteiger partial charge in [0.25, 0.3) is 0 Å². The molecule has 21 heavy (non-hydrogen) atoms. The average molecular weight is 313 g/mol. The van der Waals surface area contributed by atoms with Gasteiger partial charge < -0.3 is 5.11 Å². The van der Waals surface area contributed by atoms with Crippen LogP contribution in [0.3, 0.4) is 0 Å². The van der Waals surface area contributed by atoms with E-state index in [1.54, 1.807) is 24.0 Å². The molecule has 114 valence electrons. The van der Waals surface area contributed by atoms with Crippen LogP contribution in [-0.2, 0) is 30.2 Å². The van der Waals surface area contributed by atoms with Crippen molar-refractivity contribution in [2.75, 3.05) is 0 Å². The molecule has 0 unspecified atom stereocenters. The topological polar surface area (TPSA) is 84.2 Å². The van der Waals surface area contributed by atoms with Crippen LogP contribution in [0.25, 0.3) is 0 Å². The second-order valence-electron chi connectivity index (χ2n) is 4.63. The lowest BCUT2D eigenvalue weighted by Crippen LogP contribution is -2.25. The Morgan fingerprint density at radius 1 is 1.43 bits per heavy atom. The molecule has 1 aromatic carbocycles. The van der Waals surface area contributed by atoms with Crippen molar-refractivity contribution < 1.29 is 17.9 Å². The molecule has 0 aliphatic rings. The number of halogens is 1. The number of hydrogen-bond acceptors (Lipinski definition) is 4. The smallest absolute Gasteiger partial charge is 0.241 e. The third kappa shape index (κ3) is 3.29. The fourth-order valence-electron chi connectivity index (χ4n) is 1.90. The van der Waals surface area contributed by atoms with E-state index in [0.717, 1.165) is 6.07 Å². The van der Waals surface area contributed by atoms with Crippen LogP contribution >= 0.6 is 0 Å². The molecule has 0 fully saturated rings. The summed E-state index contributed by atoms with van der Waals surface area (Å²) in [6.45, 7) is 1.000. The van der Waals surface area contributed by atoms with Crippen molar-refractivity contribution in [2.45, 2.75) is 25.0 Å². The molecule has 0 radical (unpaired) electrons. The third-order valence-electron chi connectivity index (χ3n) is 3.19. The highest BCUT2D eigenvalue weighted by Crippen LogP contribution is 2.21. The zero-order chi connectivity index (χ0) is 15.6. The summed E-state index contributed by atoms with van der Waals surface area (Å²) in [4.78, 5) is -0.172. The maximum Gasteiger partial charge on any atom is 0.241 e. The second kappa shape index (κ2) is 5.92. The van der Waals surface area contributed by atoms with Crippen molar-refractivity contribution in [3.8, 4) is 0 Å². The number of benzene rings is 1. The van der Waals surface area contributed by atoms with Gasteiger partial charge >= 0.3 is 0 Å². The number of aliphatic hydroxyl groups excluding tert-OH is 1. The van der Waals surface area contributed by atoms with Crippen LogP contribution in [0.4, 0.5) is 4.39 Å². The number of sulfonamides is 1. The summed E-state index contributed by atoms with van der Waals surface area (Å²) in [5.41, 5.74) is 0.902. The molecule has 1 heterocycles. The van der Waals surface area contributed by atoms with E-state index in [2.05, 4.69) is 9.82 Å². The van der Waals surface area contributed by atoms with E-state index in [-0.39, 0.29) is 22.6 Å². The molecule has 0 aliphatic heterocycles. The normalized spacial score (nSPS) is 11.8. The van der Waals surface area contributed by atoms with Crippen LogP contribution in [0.2, 0.25) is 0 Å². The van der Waals surface area contributed by atoms with Crippen LogP contribution in [0.1, 0.15) is 16.8 Å². The van der Waals surface area contributed by atoms with Gasteiger partial charge in [-0.1, -0.05) is 0 Å². The monoisotopic (exact) mass is 313 g/mol. The minimum absolute atomic E-state index is 0.0182. The number of nitrogens with zero attached hydrogens (tertiary/aromatic N) is 2. The van der Waals surface area contributed by atoms with Crippen LogP contribution in [0.5, 0.6) is 0 Å². The largest absolute Gasteiger partial charge is 0.392 e. The second-order valence-corrected chi connectivity index (χ2v) is 6.36. The number of aryl methyl sites for hydroxylation is 1. The first kappa shape index (κ1) is 15.6. The number of aromatic nitrogens is 2. The Bertz CT molecular complexity index is 756. The SMILES string of the molecule is Cc1c(F)cc(CO)cc1S(=O)(=O)NCc1ccnn1C. The minimum Gasteiger partial charge on any atom is -0.392 e. The summed E-state index contributed by atoms with van der Waals surface area (Å²) in [7, 11) is -2.19. The fraction of sp³-hybridized carbons (Fsp3) is 0.308. The minimum atomic E-state index is -3.88. The van der Waals surface area contributed by atoms with Crippen LogP contribution in [0, 0.1) is 12.7 Å². The van der Waals surface area contributed by atoms with Gasteiger partial charge in [-0.05, 0) is 30.7 Å². The Morgan fingerprint density at radius 2 is 2.14 bits per heavy atom. The summed E-state index contributed by atoms with van der Waals surface area (Å²) >= 11 is 0. The molecule has 0 saturated heterocycles. The summed E-state index contributed by atoms with van der Waals surface area (Å²) in [6, 6.07) is 4.07. The first-order chi connectivity index (χ1) is 9.85. The molecule has 0 bridgehead atoms. The highest BCUT2D eigenvalue weighted by Gasteiger charge is 2.20. The van der Waals surface area contributed by atoms with Gasteiger partial charge in [-0.3, -0.25) is 4.68 Å². The predicted molar refractivity (Wildman–Crippen MR) is 74.3 cm³/mol. The van der Waals surface area contributed by atoms with E-state index in [9.17, 15) is 12.8 Å². The van der Waals surface area contributed by atoms with Gasteiger partial charge in [-0.2, -0.15) is 5.10 Å². The van der Waals surface area contributed by atoms with Crippen molar-refractivity contribution in [2.24, 2.45) is 7.05 Å². The maximum atomic E-state index is 13.7. The lowest BCUT2D eigenvalue weighted by molar-refractivity contribution is 0.281. The first-order valence-corrected chi connectivity index (χ1v) is 7.70. The van der Waals surface area contributed by atoms with Crippen molar-refractivity contribution in [3.05, 3.63) is 47.0 Å². The molecule has 0 saturated carbocycles. The Morgan fingerprint density at radius 3 is 2.71 bits per heavy atom. The molecular formula is C13H16FN3O3S. The Labute approximate surface area is 122 Å². The Hall–Kier alpha value is -1.77. The summed E-state index contributed by atoms with van der Waals surface area (Å²) in [6.07, 6.45) is 1.56. The molecule has 1 aromatic heterocycles. The summed E-state index contributed by atoms with van der Waals surface area (Å²) < 4.78 is 42.2. The van der Waals surface area contributed by atoms with E-state index in [1.807, 2.05) is 0 Å². The van der Waals surface area contributed by atoms with Crippen molar-refractivity contribution in [1.29, 1.82) is 0 Å². The first-order valence-electron chi connectivity index (χ1n) is 6.21. The number of aliphatic hydroxyl groups is 1. The van der Waals surface area contributed by atoms with Gasteiger partial charge in [0.15, 0.2) is 0 Å². The number of hydrogen-bond donors (Lipinski definition) is 2. The highest BCUT2D eigenvalue weighted by atomic mass is 32.2. The Balaban J connectivity index is 2.31. The molecule has 0 amide bonds. The predicted octanol–water partition coefficient (Wildman–Crippen LogP) is 0.838. The molecule has 2 aromatic rings. The summed E-state index contributed by atoms with van der Waals surface area (Å²) in [5, 5.41) is 13.0. The van der Waals surface area contributed by atoms with Gasteiger partial charge in [0, 0.05) is 18.8 Å². The van der Waals surface area contributed by atoms with Crippen molar-refractivity contribution in [3.63, 3.8) is 0 Å².